The second-order valence-electron chi connectivity index (χ2n) is 4.37. The molecule has 1 aromatic heterocycles. The molecular formula is C14H8ClF4NO3. The largest absolute Gasteiger partial charge is 0.496 e. The highest BCUT2D eigenvalue weighted by atomic mass is 35.5. The Morgan fingerprint density at radius 2 is 1.96 bits per heavy atom. The predicted octanol–water partition coefficient (Wildman–Crippen LogP) is 4.27. The number of pyridine rings is 1. The molecule has 0 aliphatic carbocycles. The van der Waals surface area contributed by atoms with E-state index in [4.69, 9.17) is 21.4 Å². The van der Waals surface area contributed by atoms with Gasteiger partial charge in [-0.3, -0.25) is 0 Å². The van der Waals surface area contributed by atoms with Crippen LogP contribution in [0.2, 0.25) is 5.02 Å². The van der Waals surface area contributed by atoms with Crippen molar-refractivity contribution in [3.63, 3.8) is 0 Å². The highest BCUT2D eigenvalue weighted by molar-refractivity contribution is 6.33. The maximum atomic E-state index is 14.0. The van der Waals surface area contributed by atoms with Crippen LogP contribution in [0, 0.1) is 5.82 Å². The maximum Gasteiger partial charge on any atom is 0.416 e. The number of carboxylic acid groups (broad SMARTS) is 1. The average molecular weight is 350 g/mol. The number of methoxy groups -OCH3 is 1. The molecule has 1 heterocycles. The van der Waals surface area contributed by atoms with E-state index in [0.29, 0.717) is 12.1 Å². The third kappa shape index (κ3) is 3.37. The van der Waals surface area contributed by atoms with Gasteiger partial charge >= 0.3 is 12.1 Å². The number of hydrogen-bond acceptors (Lipinski definition) is 3. The van der Waals surface area contributed by atoms with Crippen LogP contribution < -0.4 is 4.74 Å². The van der Waals surface area contributed by atoms with E-state index in [1.807, 2.05) is 0 Å². The monoisotopic (exact) mass is 349 g/mol. The lowest BCUT2D eigenvalue weighted by Crippen LogP contribution is -2.07. The number of rotatable bonds is 3. The van der Waals surface area contributed by atoms with Gasteiger partial charge in [0.05, 0.1) is 17.7 Å². The number of nitrogens with zero attached hydrogens (tertiary/aromatic N) is 1. The second kappa shape index (κ2) is 6.04. The molecule has 4 nitrogen and oxygen atoms in total. The van der Waals surface area contributed by atoms with Crippen LogP contribution in [0.15, 0.2) is 24.3 Å². The Hall–Kier alpha value is -2.35. The third-order valence-electron chi connectivity index (χ3n) is 2.92. The molecule has 0 spiro atoms. The summed E-state index contributed by atoms with van der Waals surface area (Å²) in [7, 11) is 1.10. The number of carboxylic acids is 1. The summed E-state index contributed by atoms with van der Waals surface area (Å²) < 4.78 is 56.9. The van der Waals surface area contributed by atoms with E-state index in [1.165, 1.54) is 0 Å². The fourth-order valence-corrected chi connectivity index (χ4v) is 2.09. The molecule has 2 rings (SSSR count). The molecule has 9 heteroatoms. The molecule has 0 saturated carbocycles. The molecule has 0 fully saturated rings. The molecule has 0 unspecified atom stereocenters. The molecule has 0 atom stereocenters. The van der Waals surface area contributed by atoms with E-state index in [-0.39, 0.29) is 11.3 Å². The minimum atomic E-state index is -4.61. The first-order chi connectivity index (χ1) is 10.6. The molecule has 23 heavy (non-hydrogen) atoms. The number of aromatic carboxylic acids is 1. The van der Waals surface area contributed by atoms with Gasteiger partial charge in [0.2, 0.25) is 0 Å². The highest BCUT2D eigenvalue weighted by Crippen LogP contribution is 2.37. The van der Waals surface area contributed by atoms with E-state index < -0.39 is 39.9 Å². The lowest BCUT2D eigenvalue weighted by Gasteiger charge is -2.13. The zero-order valence-electron chi connectivity index (χ0n) is 11.4. The molecule has 0 aliphatic heterocycles. The van der Waals surface area contributed by atoms with E-state index in [2.05, 4.69) is 4.98 Å². The van der Waals surface area contributed by atoms with Crippen molar-refractivity contribution in [3.8, 4) is 17.0 Å². The molecule has 0 amide bonds. The first-order valence-electron chi connectivity index (χ1n) is 6.00. The zero-order chi connectivity index (χ0) is 17.4. The van der Waals surface area contributed by atoms with Crippen LogP contribution in [0.1, 0.15) is 16.1 Å². The summed E-state index contributed by atoms with van der Waals surface area (Å²) in [4.78, 5) is 14.6. The Bertz CT molecular complexity index is 777. The van der Waals surface area contributed by atoms with Crippen molar-refractivity contribution >= 4 is 17.6 Å². The first kappa shape index (κ1) is 17.0. The molecule has 0 saturated heterocycles. The third-order valence-corrected chi connectivity index (χ3v) is 3.20. The predicted molar refractivity (Wildman–Crippen MR) is 73.2 cm³/mol. The molecule has 1 aromatic carbocycles. The minimum Gasteiger partial charge on any atom is -0.496 e. The quantitative estimate of drug-likeness (QED) is 0.841. The summed E-state index contributed by atoms with van der Waals surface area (Å²) in [6.45, 7) is 0. The fourth-order valence-electron chi connectivity index (χ4n) is 1.87. The topological polar surface area (TPSA) is 59.4 Å². The molecule has 0 aliphatic rings. The van der Waals surface area contributed by atoms with Gasteiger partial charge in [0.25, 0.3) is 0 Å². The van der Waals surface area contributed by atoms with Crippen molar-refractivity contribution in [2.24, 2.45) is 0 Å². The number of halogens is 5. The van der Waals surface area contributed by atoms with Crippen molar-refractivity contribution < 1.29 is 32.2 Å². The van der Waals surface area contributed by atoms with Gasteiger partial charge in [0, 0.05) is 5.56 Å². The van der Waals surface area contributed by atoms with Gasteiger partial charge in [-0.25, -0.2) is 14.2 Å². The molecule has 122 valence electrons. The van der Waals surface area contributed by atoms with E-state index in [9.17, 15) is 22.4 Å². The number of alkyl halides is 3. The Balaban J connectivity index is 2.67. The van der Waals surface area contributed by atoms with Gasteiger partial charge in [-0.2, -0.15) is 13.2 Å². The summed E-state index contributed by atoms with van der Waals surface area (Å²) in [6.07, 6.45) is -4.61. The van der Waals surface area contributed by atoms with Crippen LogP contribution in [0.3, 0.4) is 0 Å². The van der Waals surface area contributed by atoms with E-state index >= 15 is 0 Å². The highest BCUT2D eigenvalue weighted by Gasteiger charge is 2.32. The van der Waals surface area contributed by atoms with Gasteiger partial charge in [0.1, 0.15) is 11.4 Å². The van der Waals surface area contributed by atoms with E-state index in [0.717, 1.165) is 19.2 Å². The normalized spacial score (nSPS) is 11.4. The molecule has 2 aromatic rings. The summed E-state index contributed by atoms with van der Waals surface area (Å²) in [6, 6.07) is 3.07. The average Bonchev–Trinajstić information content (AvgIpc) is 2.45. The summed E-state index contributed by atoms with van der Waals surface area (Å²) in [5, 5.41) is 8.53. The minimum absolute atomic E-state index is 0.128. The van der Waals surface area contributed by atoms with Crippen LogP contribution >= 0.6 is 11.6 Å². The molecule has 0 radical (unpaired) electrons. The lowest BCUT2D eigenvalue weighted by molar-refractivity contribution is -0.137. The number of ether oxygens (including phenoxy) is 1. The van der Waals surface area contributed by atoms with Crippen LogP contribution in [0.5, 0.6) is 5.75 Å². The van der Waals surface area contributed by atoms with Gasteiger partial charge in [-0.1, -0.05) is 11.6 Å². The van der Waals surface area contributed by atoms with Crippen LogP contribution in [-0.4, -0.2) is 23.2 Å². The molecule has 1 N–H and O–H groups in total. The van der Waals surface area contributed by atoms with Crippen molar-refractivity contribution in [2.75, 3.05) is 7.11 Å². The molecule has 0 bridgehead atoms. The Morgan fingerprint density at radius 1 is 1.30 bits per heavy atom. The van der Waals surface area contributed by atoms with Crippen LogP contribution in [0.4, 0.5) is 17.6 Å². The van der Waals surface area contributed by atoms with Crippen molar-refractivity contribution in [2.45, 2.75) is 6.18 Å². The SMILES string of the molecule is COc1cc(C(F)(F)F)ccc1-c1nc(C(=O)O)c(Cl)cc1F. The summed E-state index contributed by atoms with van der Waals surface area (Å²) in [5.41, 5.74) is -2.22. The van der Waals surface area contributed by atoms with Crippen molar-refractivity contribution in [1.29, 1.82) is 0 Å². The smallest absolute Gasteiger partial charge is 0.416 e. The first-order valence-corrected chi connectivity index (χ1v) is 6.38. The van der Waals surface area contributed by atoms with Crippen LogP contribution in [0.25, 0.3) is 11.3 Å². The van der Waals surface area contributed by atoms with Crippen molar-refractivity contribution in [3.05, 3.63) is 46.4 Å². The van der Waals surface area contributed by atoms with Gasteiger partial charge in [-0.15, -0.1) is 0 Å². The Kier molecular flexibility index (Phi) is 4.46. The standard InChI is InChI=1S/C14H8ClF4NO3/c1-23-10-4-6(14(17,18)19)2-3-7(10)11-9(16)5-8(15)12(20-11)13(21)22/h2-5H,1H3,(H,21,22). The van der Waals surface area contributed by atoms with Crippen LogP contribution in [-0.2, 0) is 6.18 Å². The number of aromatic nitrogens is 1. The Morgan fingerprint density at radius 3 is 2.48 bits per heavy atom. The maximum absolute atomic E-state index is 14.0. The van der Waals surface area contributed by atoms with Gasteiger partial charge < -0.3 is 9.84 Å². The van der Waals surface area contributed by atoms with Gasteiger partial charge in [-0.05, 0) is 24.3 Å². The fraction of sp³-hybridized carbons (Fsp3) is 0.143. The second-order valence-corrected chi connectivity index (χ2v) is 4.77. The summed E-state index contributed by atoms with van der Waals surface area (Å²) in [5.74, 6) is -2.79. The molecular weight excluding hydrogens is 342 g/mol. The lowest BCUT2D eigenvalue weighted by atomic mass is 10.1. The number of hydrogen-bond donors (Lipinski definition) is 1. The number of benzene rings is 1. The van der Waals surface area contributed by atoms with Crippen molar-refractivity contribution in [1.82, 2.24) is 4.98 Å². The van der Waals surface area contributed by atoms with Gasteiger partial charge in [0.15, 0.2) is 11.5 Å². The Labute approximate surface area is 132 Å². The number of carbonyl (C=O) groups is 1. The van der Waals surface area contributed by atoms with E-state index in [1.54, 1.807) is 0 Å². The summed E-state index contributed by atoms with van der Waals surface area (Å²) >= 11 is 5.58. The zero-order valence-corrected chi connectivity index (χ0v) is 12.2.